The lowest BCUT2D eigenvalue weighted by atomic mass is 9.99. The number of hydrogen-bond acceptors (Lipinski definition) is 1. The van der Waals surface area contributed by atoms with Gasteiger partial charge < -0.3 is 4.90 Å². The van der Waals surface area contributed by atoms with Crippen molar-refractivity contribution in [2.45, 2.75) is 13.0 Å². The van der Waals surface area contributed by atoms with E-state index >= 15 is 0 Å². The molecule has 0 fully saturated rings. The minimum absolute atomic E-state index is 0.592. The van der Waals surface area contributed by atoms with E-state index < -0.39 is 0 Å². The van der Waals surface area contributed by atoms with Gasteiger partial charge in [0, 0.05) is 23.8 Å². The van der Waals surface area contributed by atoms with Gasteiger partial charge in [-0.3, -0.25) is 0 Å². The molecule has 1 aliphatic heterocycles. The molecule has 0 aliphatic carbocycles. The zero-order valence-electron chi connectivity index (χ0n) is 10.2. The van der Waals surface area contributed by atoms with Crippen LogP contribution in [0.5, 0.6) is 0 Å². The van der Waals surface area contributed by atoms with Crippen molar-refractivity contribution in [2.75, 3.05) is 11.4 Å². The average molecular weight is 313 g/mol. The number of nitrogens with zero attached hydrogens (tertiary/aromatic N) is 1. The van der Waals surface area contributed by atoms with Crippen molar-refractivity contribution in [3.8, 4) is 0 Å². The molecule has 0 aromatic heterocycles. The fraction of sp³-hybridized carbons (Fsp3) is 0.200. The largest absolute Gasteiger partial charge is 0.367 e. The summed E-state index contributed by atoms with van der Waals surface area (Å²) in [6, 6.07) is 11.9. The highest BCUT2D eigenvalue weighted by atomic mass is 35.5. The highest BCUT2D eigenvalue weighted by Gasteiger charge is 2.17. The second-order valence-electron chi connectivity index (χ2n) is 4.68. The van der Waals surface area contributed by atoms with E-state index in [4.69, 9.17) is 34.8 Å². The Morgan fingerprint density at radius 1 is 0.842 bits per heavy atom. The molecule has 2 aromatic rings. The Morgan fingerprint density at radius 3 is 2.47 bits per heavy atom. The van der Waals surface area contributed by atoms with Gasteiger partial charge in [-0.2, -0.15) is 0 Å². The van der Waals surface area contributed by atoms with Gasteiger partial charge in [-0.05, 0) is 47.9 Å². The van der Waals surface area contributed by atoms with Gasteiger partial charge in [0.25, 0.3) is 0 Å². The van der Waals surface area contributed by atoms with Crippen LogP contribution >= 0.6 is 34.8 Å². The van der Waals surface area contributed by atoms with Crippen LogP contribution in [0.15, 0.2) is 36.4 Å². The summed E-state index contributed by atoms with van der Waals surface area (Å²) in [5.74, 6) is 0. The number of anilines is 1. The normalized spacial score (nSPS) is 14.4. The first kappa shape index (κ1) is 13.1. The van der Waals surface area contributed by atoms with Crippen LogP contribution in [-0.2, 0) is 13.0 Å². The van der Waals surface area contributed by atoms with E-state index in [-0.39, 0.29) is 0 Å². The first-order valence-electron chi connectivity index (χ1n) is 6.11. The first-order valence-corrected chi connectivity index (χ1v) is 7.24. The topological polar surface area (TPSA) is 3.24 Å². The van der Waals surface area contributed by atoms with Crippen molar-refractivity contribution in [2.24, 2.45) is 0 Å². The number of halogens is 3. The maximum atomic E-state index is 6.08. The van der Waals surface area contributed by atoms with E-state index in [1.165, 1.54) is 11.1 Å². The summed E-state index contributed by atoms with van der Waals surface area (Å²) in [6.07, 6.45) is 0.996. The van der Waals surface area contributed by atoms with Crippen molar-refractivity contribution in [3.05, 3.63) is 62.6 Å². The van der Waals surface area contributed by atoms with Crippen molar-refractivity contribution >= 4 is 40.5 Å². The molecular formula is C15H12Cl3N. The highest BCUT2D eigenvalue weighted by Crippen LogP contribution is 2.31. The zero-order valence-corrected chi connectivity index (χ0v) is 12.4. The number of benzene rings is 2. The van der Waals surface area contributed by atoms with Crippen LogP contribution in [0.3, 0.4) is 0 Å². The van der Waals surface area contributed by atoms with E-state index in [1.54, 1.807) is 0 Å². The average Bonchev–Trinajstić information content (AvgIpc) is 2.41. The number of rotatable bonds is 1. The predicted octanol–water partition coefficient (Wildman–Crippen LogP) is 5.21. The summed E-state index contributed by atoms with van der Waals surface area (Å²) in [7, 11) is 0. The third kappa shape index (κ3) is 2.69. The van der Waals surface area contributed by atoms with E-state index in [2.05, 4.69) is 17.0 Å². The van der Waals surface area contributed by atoms with E-state index in [1.807, 2.05) is 24.3 Å². The summed E-state index contributed by atoms with van der Waals surface area (Å²) in [5.41, 5.74) is 3.76. The lowest BCUT2D eigenvalue weighted by Crippen LogP contribution is -2.30. The van der Waals surface area contributed by atoms with Gasteiger partial charge in [0.15, 0.2) is 0 Å². The van der Waals surface area contributed by atoms with Crippen molar-refractivity contribution in [3.63, 3.8) is 0 Å². The molecule has 19 heavy (non-hydrogen) atoms. The van der Waals surface area contributed by atoms with E-state index in [0.29, 0.717) is 10.0 Å². The molecule has 0 spiro atoms. The maximum Gasteiger partial charge on any atom is 0.0612 e. The van der Waals surface area contributed by atoms with Crippen LogP contribution in [0.4, 0.5) is 5.69 Å². The van der Waals surface area contributed by atoms with Crippen molar-refractivity contribution in [1.82, 2.24) is 0 Å². The highest BCUT2D eigenvalue weighted by molar-refractivity contribution is 6.42. The third-order valence-electron chi connectivity index (χ3n) is 3.45. The van der Waals surface area contributed by atoms with Gasteiger partial charge in [0.1, 0.15) is 0 Å². The fourth-order valence-corrected chi connectivity index (χ4v) is 2.91. The van der Waals surface area contributed by atoms with Gasteiger partial charge in [-0.15, -0.1) is 0 Å². The second kappa shape index (κ2) is 5.24. The molecule has 0 N–H and O–H groups in total. The van der Waals surface area contributed by atoms with Gasteiger partial charge >= 0.3 is 0 Å². The number of fused-ring (bicyclic) bond motifs is 1. The zero-order chi connectivity index (χ0) is 13.4. The molecule has 0 saturated heterocycles. The van der Waals surface area contributed by atoms with Crippen LogP contribution in [0, 0.1) is 0 Å². The molecule has 4 heteroatoms. The Kier molecular flexibility index (Phi) is 3.62. The SMILES string of the molecule is Clc1ccc2c(c1)CCN(c1ccc(Cl)c(Cl)c1)C2. The minimum Gasteiger partial charge on any atom is -0.367 e. The Labute approximate surface area is 127 Å². The maximum absolute atomic E-state index is 6.08. The Balaban J connectivity index is 1.89. The van der Waals surface area contributed by atoms with Crippen molar-refractivity contribution in [1.29, 1.82) is 0 Å². The molecule has 1 heterocycles. The molecule has 0 amide bonds. The molecule has 3 rings (SSSR count). The molecule has 98 valence electrons. The standard InChI is InChI=1S/C15H12Cl3N/c16-12-2-1-11-9-19(6-5-10(11)7-12)13-3-4-14(17)15(18)8-13/h1-4,7-8H,5-6,9H2. The lowest BCUT2D eigenvalue weighted by Gasteiger charge is -2.31. The molecule has 0 unspecified atom stereocenters. The van der Waals surface area contributed by atoms with Crippen LogP contribution in [0.1, 0.15) is 11.1 Å². The fourth-order valence-electron chi connectivity index (χ4n) is 2.42. The molecule has 2 aromatic carbocycles. The van der Waals surface area contributed by atoms with E-state index in [0.717, 1.165) is 30.2 Å². The monoisotopic (exact) mass is 311 g/mol. The van der Waals surface area contributed by atoms with Crippen LogP contribution in [-0.4, -0.2) is 6.54 Å². The van der Waals surface area contributed by atoms with Crippen LogP contribution < -0.4 is 4.90 Å². The number of hydrogen-bond donors (Lipinski definition) is 0. The van der Waals surface area contributed by atoms with Gasteiger partial charge in [0.05, 0.1) is 10.0 Å². The van der Waals surface area contributed by atoms with E-state index in [9.17, 15) is 0 Å². The Bertz CT molecular complexity index is 625. The third-order valence-corrected chi connectivity index (χ3v) is 4.42. The molecule has 0 saturated carbocycles. The Hall–Kier alpha value is -0.890. The summed E-state index contributed by atoms with van der Waals surface area (Å²) in [5, 5.41) is 2.00. The summed E-state index contributed by atoms with van der Waals surface area (Å²) in [6.45, 7) is 1.84. The van der Waals surface area contributed by atoms with Gasteiger partial charge in [-0.25, -0.2) is 0 Å². The molecule has 1 nitrogen and oxygen atoms in total. The van der Waals surface area contributed by atoms with Gasteiger partial charge in [-0.1, -0.05) is 40.9 Å². The summed E-state index contributed by atoms with van der Waals surface area (Å²) >= 11 is 18.1. The quantitative estimate of drug-likeness (QED) is 0.698. The first-order chi connectivity index (χ1) is 9.13. The lowest BCUT2D eigenvalue weighted by molar-refractivity contribution is 0.732. The smallest absolute Gasteiger partial charge is 0.0612 e. The van der Waals surface area contributed by atoms with Crippen molar-refractivity contribution < 1.29 is 0 Å². The minimum atomic E-state index is 0.592. The molecule has 0 bridgehead atoms. The van der Waals surface area contributed by atoms with Gasteiger partial charge in [0.2, 0.25) is 0 Å². The Morgan fingerprint density at radius 2 is 1.68 bits per heavy atom. The predicted molar refractivity (Wildman–Crippen MR) is 82.7 cm³/mol. The summed E-state index contributed by atoms with van der Waals surface area (Å²) in [4.78, 5) is 2.30. The molecule has 0 atom stereocenters. The van der Waals surface area contributed by atoms with Crippen LogP contribution in [0.2, 0.25) is 15.1 Å². The summed E-state index contributed by atoms with van der Waals surface area (Å²) < 4.78 is 0. The molecule has 1 aliphatic rings. The molecular weight excluding hydrogens is 301 g/mol. The molecule has 0 radical (unpaired) electrons. The van der Waals surface area contributed by atoms with Crippen LogP contribution in [0.25, 0.3) is 0 Å². The second-order valence-corrected chi connectivity index (χ2v) is 5.93.